The average Bonchev–Trinajstić information content (AvgIpc) is 3.14. The second kappa shape index (κ2) is 13.4. The lowest BCUT2D eigenvalue weighted by molar-refractivity contribution is 0.221. The molecule has 33 heavy (non-hydrogen) atoms. The van der Waals surface area contributed by atoms with Gasteiger partial charge in [0, 0.05) is 23.8 Å². The molecule has 4 rings (SSSR count). The van der Waals surface area contributed by atoms with E-state index in [0.717, 1.165) is 23.3 Å². The van der Waals surface area contributed by atoms with Gasteiger partial charge < -0.3 is 16.5 Å². The monoisotopic (exact) mass is 453 g/mol. The molecule has 6 N–H and O–H groups in total. The fourth-order valence-corrected chi connectivity index (χ4v) is 3.81. The molecule has 2 aromatic heterocycles. The van der Waals surface area contributed by atoms with Crippen LogP contribution in [-0.4, -0.2) is 38.5 Å². The summed E-state index contributed by atoms with van der Waals surface area (Å²) in [7, 11) is 0. The molecule has 0 bridgehead atoms. The van der Waals surface area contributed by atoms with Gasteiger partial charge in [-0.05, 0) is 56.6 Å². The zero-order valence-electron chi connectivity index (χ0n) is 20.2. The number of nitrogens with two attached hydrogens (primary N) is 2. The summed E-state index contributed by atoms with van der Waals surface area (Å²) in [5, 5.41) is 7.00. The Morgan fingerprint density at radius 1 is 1.09 bits per heavy atom. The van der Waals surface area contributed by atoms with E-state index in [9.17, 15) is 4.79 Å². The van der Waals surface area contributed by atoms with E-state index >= 15 is 0 Å². The number of aromatic nitrogens is 3. The van der Waals surface area contributed by atoms with Crippen molar-refractivity contribution in [2.75, 3.05) is 13.1 Å². The number of hydrogen-bond donors (Lipinski definition) is 4. The molecule has 0 spiro atoms. The maximum Gasteiger partial charge on any atom is 0.354 e. The largest absolute Gasteiger partial charge is 0.370 e. The minimum Gasteiger partial charge on any atom is -0.370 e. The Balaban J connectivity index is 0.000000368. The lowest BCUT2D eigenvalue weighted by Gasteiger charge is -2.26. The summed E-state index contributed by atoms with van der Waals surface area (Å²) < 4.78 is 1.61. The van der Waals surface area contributed by atoms with Crippen LogP contribution in [0.2, 0.25) is 0 Å². The van der Waals surface area contributed by atoms with E-state index in [-0.39, 0.29) is 11.6 Å². The molecule has 0 saturated carbocycles. The van der Waals surface area contributed by atoms with Crippen LogP contribution >= 0.6 is 0 Å². The van der Waals surface area contributed by atoms with Crippen LogP contribution < -0.4 is 17.2 Å². The summed E-state index contributed by atoms with van der Waals surface area (Å²) in [6.07, 6.45) is 9.89. The van der Waals surface area contributed by atoms with Gasteiger partial charge in [-0.25, -0.2) is 4.79 Å². The molecular weight excluding hydrogens is 414 g/mol. The van der Waals surface area contributed by atoms with Gasteiger partial charge in [0.25, 0.3) is 0 Å². The van der Waals surface area contributed by atoms with E-state index in [4.69, 9.17) is 5.41 Å². The molecule has 180 valence electrons. The van der Waals surface area contributed by atoms with Gasteiger partial charge >= 0.3 is 5.69 Å². The first-order chi connectivity index (χ1) is 15.8. The maximum atomic E-state index is 12.3. The number of piperidine rings is 1. The number of hydrogen-bond acceptors (Lipinski definition) is 4. The SMILES string of the molecule is CCCCC.Cc1cc2cn(-c3ccc(CN4CCCCC4)cc3)c(=O)nc2[nH]1.N=C(N)N. The summed E-state index contributed by atoms with van der Waals surface area (Å²) in [5.74, 6) is -0.333. The Kier molecular flexibility index (Phi) is 10.6. The van der Waals surface area contributed by atoms with Crippen molar-refractivity contribution in [1.82, 2.24) is 19.4 Å². The van der Waals surface area contributed by atoms with Crippen molar-refractivity contribution in [3.05, 3.63) is 58.3 Å². The Hall–Kier alpha value is -3.13. The molecule has 0 aliphatic carbocycles. The first-order valence-electron chi connectivity index (χ1n) is 11.8. The maximum absolute atomic E-state index is 12.3. The predicted octanol–water partition coefficient (Wildman–Crippen LogP) is 4.04. The van der Waals surface area contributed by atoms with Crippen molar-refractivity contribution in [3.63, 3.8) is 0 Å². The Bertz CT molecular complexity index is 1040. The van der Waals surface area contributed by atoms with Gasteiger partial charge in [-0.15, -0.1) is 0 Å². The van der Waals surface area contributed by atoms with Crippen LogP contribution in [0.5, 0.6) is 0 Å². The number of benzene rings is 1. The minimum absolute atomic E-state index is 0.256. The summed E-state index contributed by atoms with van der Waals surface area (Å²) in [6.45, 7) is 9.76. The van der Waals surface area contributed by atoms with Crippen molar-refractivity contribution in [2.24, 2.45) is 11.5 Å². The Labute approximate surface area is 196 Å². The molecule has 0 amide bonds. The smallest absolute Gasteiger partial charge is 0.354 e. The molecule has 8 nitrogen and oxygen atoms in total. The molecule has 3 heterocycles. The third-order valence-corrected chi connectivity index (χ3v) is 5.42. The zero-order valence-corrected chi connectivity index (χ0v) is 20.2. The highest BCUT2D eigenvalue weighted by molar-refractivity contribution is 5.75. The number of nitrogens with zero attached hydrogens (tertiary/aromatic N) is 3. The first kappa shape index (κ1) is 26.1. The normalized spacial score (nSPS) is 13.5. The van der Waals surface area contributed by atoms with Gasteiger partial charge in [0.2, 0.25) is 0 Å². The molecule has 1 aromatic carbocycles. The van der Waals surface area contributed by atoms with Gasteiger partial charge in [-0.2, -0.15) is 4.98 Å². The summed E-state index contributed by atoms with van der Waals surface area (Å²) in [5.41, 5.74) is 12.5. The van der Waals surface area contributed by atoms with Crippen LogP contribution in [0.3, 0.4) is 0 Å². The van der Waals surface area contributed by atoms with Crippen molar-refractivity contribution >= 4 is 17.0 Å². The predicted molar refractivity (Wildman–Crippen MR) is 137 cm³/mol. The number of aryl methyl sites for hydroxylation is 1. The topological polar surface area (TPSA) is 130 Å². The number of rotatable bonds is 5. The highest BCUT2D eigenvalue weighted by Gasteiger charge is 2.11. The van der Waals surface area contributed by atoms with Crippen LogP contribution in [0.1, 0.15) is 63.6 Å². The summed E-state index contributed by atoms with van der Waals surface area (Å²) in [6, 6.07) is 10.2. The zero-order chi connectivity index (χ0) is 24.2. The molecule has 0 atom stereocenters. The molecule has 8 heteroatoms. The number of nitrogens with one attached hydrogen (secondary N) is 2. The minimum atomic E-state index is -0.333. The molecule has 1 saturated heterocycles. The van der Waals surface area contributed by atoms with Crippen LogP contribution in [0, 0.1) is 12.3 Å². The summed E-state index contributed by atoms with van der Waals surface area (Å²) >= 11 is 0. The lowest BCUT2D eigenvalue weighted by Crippen LogP contribution is -2.29. The molecule has 1 fully saturated rings. The van der Waals surface area contributed by atoms with Crippen molar-refractivity contribution < 1.29 is 0 Å². The fourth-order valence-electron chi connectivity index (χ4n) is 3.81. The Morgan fingerprint density at radius 2 is 1.70 bits per heavy atom. The Morgan fingerprint density at radius 3 is 2.24 bits per heavy atom. The van der Waals surface area contributed by atoms with Crippen LogP contribution in [-0.2, 0) is 6.54 Å². The number of H-pyrrole nitrogens is 1. The molecular formula is C25H39N7O. The quantitative estimate of drug-likeness (QED) is 0.342. The fraction of sp³-hybridized carbons (Fsp3) is 0.480. The van der Waals surface area contributed by atoms with Crippen LogP contribution in [0.4, 0.5) is 0 Å². The van der Waals surface area contributed by atoms with Crippen LogP contribution in [0.15, 0.2) is 41.3 Å². The second-order valence-electron chi connectivity index (χ2n) is 8.46. The number of unbranched alkanes of at least 4 members (excludes halogenated alkanes) is 2. The molecule has 3 aromatic rings. The average molecular weight is 454 g/mol. The van der Waals surface area contributed by atoms with Gasteiger partial charge in [0.1, 0.15) is 5.65 Å². The number of likely N-dealkylation sites (tertiary alicyclic amines) is 1. The first-order valence-corrected chi connectivity index (χ1v) is 11.8. The molecule has 0 unspecified atom stereocenters. The molecule has 0 radical (unpaired) electrons. The van der Waals surface area contributed by atoms with Crippen LogP contribution in [0.25, 0.3) is 16.7 Å². The van der Waals surface area contributed by atoms with Gasteiger partial charge in [-0.1, -0.05) is 51.7 Å². The van der Waals surface area contributed by atoms with Gasteiger partial charge in [-0.3, -0.25) is 14.9 Å². The molecule has 1 aliphatic heterocycles. The van der Waals surface area contributed by atoms with Crippen molar-refractivity contribution in [2.45, 2.75) is 65.8 Å². The van der Waals surface area contributed by atoms with E-state index in [1.807, 2.05) is 31.3 Å². The van der Waals surface area contributed by atoms with E-state index in [1.165, 1.54) is 57.2 Å². The van der Waals surface area contributed by atoms with E-state index in [0.29, 0.717) is 5.65 Å². The third-order valence-electron chi connectivity index (χ3n) is 5.42. The molecule has 1 aliphatic rings. The van der Waals surface area contributed by atoms with Crippen molar-refractivity contribution in [3.8, 4) is 5.69 Å². The summed E-state index contributed by atoms with van der Waals surface area (Å²) in [4.78, 5) is 22.0. The number of guanidine groups is 1. The van der Waals surface area contributed by atoms with E-state index in [1.54, 1.807) is 4.57 Å². The van der Waals surface area contributed by atoms with Gasteiger partial charge in [0.15, 0.2) is 5.96 Å². The van der Waals surface area contributed by atoms with E-state index in [2.05, 4.69) is 52.3 Å². The lowest BCUT2D eigenvalue weighted by atomic mass is 10.1. The number of aromatic amines is 1. The number of fused-ring (bicyclic) bond motifs is 1. The highest BCUT2D eigenvalue weighted by Crippen LogP contribution is 2.16. The standard InChI is InChI=1S/C19H22N4O.C5H12.CH5N3/c1-14-11-16-13-23(19(24)21-18(16)20-14)17-7-5-15(6-8-17)12-22-9-3-2-4-10-22;1-3-5-4-2;2-1(3)4/h5-8,11,13H,2-4,9-10,12H2,1H3,(H,20,21,24);3-5H2,1-2H3;(H5,2,3,4). The second-order valence-corrected chi connectivity index (χ2v) is 8.46. The van der Waals surface area contributed by atoms with Gasteiger partial charge in [0.05, 0.1) is 5.69 Å². The van der Waals surface area contributed by atoms with E-state index < -0.39 is 0 Å². The van der Waals surface area contributed by atoms with Crippen molar-refractivity contribution in [1.29, 1.82) is 5.41 Å². The third kappa shape index (κ3) is 8.73. The highest BCUT2D eigenvalue weighted by atomic mass is 16.1.